The number of carbonyl (C=O) groups is 1. The van der Waals surface area contributed by atoms with E-state index in [0.717, 1.165) is 22.6 Å². The van der Waals surface area contributed by atoms with Crippen LogP contribution in [0.2, 0.25) is 0 Å². The summed E-state index contributed by atoms with van der Waals surface area (Å²) in [5, 5.41) is 1.19. The molecule has 0 atom stereocenters. The molecule has 0 unspecified atom stereocenters. The molecule has 1 aromatic heterocycles. The summed E-state index contributed by atoms with van der Waals surface area (Å²) >= 11 is 0. The van der Waals surface area contributed by atoms with Gasteiger partial charge < -0.3 is 18.9 Å². The number of aryl methyl sites for hydroxylation is 2. The van der Waals surface area contributed by atoms with Gasteiger partial charge in [0.05, 0.1) is 25.7 Å². The number of anilines is 1. The molecule has 0 saturated carbocycles. The molecule has 0 amide bonds. The Balaban J connectivity index is 1.70. The lowest BCUT2D eigenvalue weighted by Crippen LogP contribution is -2.50. The van der Waals surface area contributed by atoms with E-state index in [1.165, 1.54) is 23.6 Å². The zero-order chi connectivity index (χ0) is 19.1. The van der Waals surface area contributed by atoms with Gasteiger partial charge in [0.2, 0.25) is 0 Å². The van der Waals surface area contributed by atoms with E-state index >= 15 is 0 Å². The number of aromatic nitrogens is 1. The van der Waals surface area contributed by atoms with Crippen LogP contribution >= 0.6 is 0 Å². The molecule has 0 N–H and O–H groups in total. The largest absolute Gasteiger partial charge is 0.497 e. The molecule has 2 heterocycles. The highest BCUT2D eigenvalue weighted by atomic mass is 16.5. The monoisotopic (exact) mass is 364 g/mol. The summed E-state index contributed by atoms with van der Waals surface area (Å²) in [6.07, 6.45) is 2.16. The van der Waals surface area contributed by atoms with E-state index in [1.807, 2.05) is 6.07 Å². The molecule has 27 heavy (non-hydrogen) atoms. The minimum Gasteiger partial charge on any atom is -0.497 e. The molecule has 1 saturated heterocycles. The van der Waals surface area contributed by atoms with Crippen molar-refractivity contribution in [3.05, 3.63) is 53.7 Å². The minimum atomic E-state index is -0.125. The molecule has 1 fully saturated rings. The Hall–Kier alpha value is -2.95. The Morgan fingerprint density at radius 1 is 1.04 bits per heavy atom. The Morgan fingerprint density at radius 3 is 2.48 bits per heavy atom. The molecule has 5 nitrogen and oxygen atoms in total. The highest BCUT2D eigenvalue weighted by molar-refractivity contribution is 5.87. The number of hydrogen-bond donors (Lipinski definition) is 0. The van der Waals surface area contributed by atoms with Crippen LogP contribution in [0.5, 0.6) is 5.75 Å². The zero-order valence-electron chi connectivity index (χ0n) is 16.2. The Morgan fingerprint density at radius 2 is 1.78 bits per heavy atom. The van der Waals surface area contributed by atoms with Crippen molar-refractivity contribution in [3.8, 4) is 11.4 Å². The third-order valence-electron chi connectivity index (χ3n) is 5.32. The second-order valence-electron chi connectivity index (χ2n) is 7.22. The molecule has 0 spiro atoms. The number of carbonyl (C=O) groups excluding carboxylic acids is 1. The standard InChI is InChI=1S/C22H24N2O3/c1-14-7-17(23-12-16(13-23)22(25)27-4)9-18(8-14)24-11-15(2)20-10-19(26-3)5-6-21(20)24/h5-11,16H,12-13H2,1-4H3. The topological polar surface area (TPSA) is 43.7 Å². The van der Waals surface area contributed by atoms with Gasteiger partial charge in [-0.25, -0.2) is 0 Å². The zero-order valence-corrected chi connectivity index (χ0v) is 16.2. The molecule has 0 radical (unpaired) electrons. The van der Waals surface area contributed by atoms with Crippen LogP contribution < -0.4 is 9.64 Å². The quantitative estimate of drug-likeness (QED) is 0.659. The second kappa shape index (κ2) is 6.65. The first-order valence-corrected chi connectivity index (χ1v) is 9.10. The van der Waals surface area contributed by atoms with Gasteiger partial charge in [0.25, 0.3) is 0 Å². The van der Waals surface area contributed by atoms with Crippen molar-refractivity contribution < 1.29 is 14.3 Å². The maximum atomic E-state index is 11.7. The maximum absolute atomic E-state index is 11.7. The van der Waals surface area contributed by atoms with Crippen molar-refractivity contribution in [2.24, 2.45) is 5.92 Å². The van der Waals surface area contributed by atoms with Crippen molar-refractivity contribution in [1.29, 1.82) is 0 Å². The number of rotatable bonds is 4. The first-order valence-electron chi connectivity index (χ1n) is 9.10. The number of hydrogen-bond acceptors (Lipinski definition) is 4. The molecule has 0 bridgehead atoms. The molecule has 4 rings (SSSR count). The van der Waals surface area contributed by atoms with E-state index in [2.05, 4.69) is 59.8 Å². The van der Waals surface area contributed by atoms with Crippen LogP contribution in [0.15, 0.2) is 42.6 Å². The summed E-state index contributed by atoms with van der Waals surface area (Å²) in [7, 11) is 3.14. The van der Waals surface area contributed by atoms with E-state index in [4.69, 9.17) is 9.47 Å². The van der Waals surface area contributed by atoms with Crippen LogP contribution in [-0.2, 0) is 9.53 Å². The van der Waals surface area contributed by atoms with Gasteiger partial charge in [0.1, 0.15) is 5.75 Å². The minimum absolute atomic E-state index is 0.0268. The fourth-order valence-corrected chi connectivity index (χ4v) is 3.78. The Bertz CT molecular complexity index is 1020. The molecular weight excluding hydrogens is 340 g/mol. The summed E-state index contributed by atoms with van der Waals surface area (Å²) in [5.41, 5.74) is 5.81. The molecule has 1 aliphatic heterocycles. The normalized spacial score (nSPS) is 14.3. The summed E-state index contributed by atoms with van der Waals surface area (Å²) in [6, 6.07) is 12.7. The van der Waals surface area contributed by atoms with Crippen LogP contribution in [0, 0.1) is 19.8 Å². The van der Waals surface area contributed by atoms with E-state index in [9.17, 15) is 4.79 Å². The van der Waals surface area contributed by atoms with Gasteiger partial charge in [-0.05, 0) is 61.4 Å². The highest BCUT2D eigenvalue weighted by Gasteiger charge is 2.33. The van der Waals surface area contributed by atoms with E-state index in [0.29, 0.717) is 13.1 Å². The molecule has 3 aromatic rings. The van der Waals surface area contributed by atoms with Crippen molar-refractivity contribution in [3.63, 3.8) is 0 Å². The van der Waals surface area contributed by atoms with Crippen LogP contribution in [0.1, 0.15) is 11.1 Å². The van der Waals surface area contributed by atoms with Crippen molar-refractivity contribution in [2.45, 2.75) is 13.8 Å². The first-order chi connectivity index (χ1) is 13.0. The fraction of sp³-hybridized carbons (Fsp3) is 0.318. The van der Waals surface area contributed by atoms with Crippen LogP contribution in [0.3, 0.4) is 0 Å². The summed E-state index contributed by atoms with van der Waals surface area (Å²) in [6.45, 7) is 5.63. The van der Waals surface area contributed by atoms with Crippen molar-refractivity contribution >= 4 is 22.6 Å². The first kappa shape index (κ1) is 17.5. The van der Waals surface area contributed by atoms with E-state index < -0.39 is 0 Å². The predicted molar refractivity (Wildman–Crippen MR) is 107 cm³/mol. The van der Waals surface area contributed by atoms with Gasteiger partial charge in [-0.3, -0.25) is 4.79 Å². The number of ether oxygens (including phenoxy) is 2. The average Bonchev–Trinajstić information content (AvgIpc) is 2.96. The van der Waals surface area contributed by atoms with Gasteiger partial charge in [0, 0.05) is 36.0 Å². The number of fused-ring (bicyclic) bond motifs is 1. The Labute approximate surface area is 159 Å². The van der Waals surface area contributed by atoms with Crippen molar-refractivity contribution in [2.75, 3.05) is 32.2 Å². The lowest BCUT2D eigenvalue weighted by atomic mass is 9.99. The fourth-order valence-electron chi connectivity index (χ4n) is 3.78. The molecule has 140 valence electrons. The van der Waals surface area contributed by atoms with Crippen molar-refractivity contribution in [1.82, 2.24) is 4.57 Å². The van der Waals surface area contributed by atoms with Crippen LogP contribution in [-0.4, -0.2) is 37.8 Å². The molecule has 1 aliphatic rings. The number of nitrogens with zero attached hydrogens (tertiary/aromatic N) is 2. The van der Waals surface area contributed by atoms with E-state index in [-0.39, 0.29) is 11.9 Å². The summed E-state index contributed by atoms with van der Waals surface area (Å²) in [5.74, 6) is 0.712. The molecule has 0 aliphatic carbocycles. The van der Waals surface area contributed by atoms with Gasteiger partial charge in [-0.2, -0.15) is 0 Å². The Kier molecular flexibility index (Phi) is 4.30. The number of esters is 1. The van der Waals surface area contributed by atoms with Gasteiger partial charge in [-0.15, -0.1) is 0 Å². The van der Waals surface area contributed by atoms with E-state index in [1.54, 1.807) is 7.11 Å². The smallest absolute Gasteiger partial charge is 0.312 e. The molecule has 2 aromatic carbocycles. The third kappa shape index (κ3) is 3.03. The van der Waals surface area contributed by atoms with Gasteiger partial charge in [0.15, 0.2) is 0 Å². The number of benzene rings is 2. The summed E-state index contributed by atoms with van der Waals surface area (Å²) < 4.78 is 12.4. The summed E-state index contributed by atoms with van der Waals surface area (Å²) in [4.78, 5) is 13.9. The molecular formula is C22H24N2O3. The molecule has 5 heteroatoms. The predicted octanol–water partition coefficient (Wildman–Crippen LogP) is 3.87. The van der Waals surface area contributed by atoms with Gasteiger partial charge >= 0.3 is 5.97 Å². The lowest BCUT2D eigenvalue weighted by Gasteiger charge is -2.39. The average molecular weight is 364 g/mol. The van der Waals surface area contributed by atoms with Crippen LogP contribution in [0.4, 0.5) is 5.69 Å². The van der Waals surface area contributed by atoms with Crippen LogP contribution in [0.25, 0.3) is 16.6 Å². The SMILES string of the molecule is COC(=O)C1CN(c2cc(C)cc(-n3cc(C)c4cc(OC)ccc43)c2)C1. The second-order valence-corrected chi connectivity index (χ2v) is 7.22. The number of methoxy groups -OCH3 is 2. The maximum Gasteiger partial charge on any atom is 0.312 e. The highest BCUT2D eigenvalue weighted by Crippen LogP contribution is 2.32. The van der Waals surface area contributed by atoms with Gasteiger partial charge in [-0.1, -0.05) is 0 Å². The lowest BCUT2D eigenvalue weighted by molar-refractivity contribution is -0.146. The third-order valence-corrected chi connectivity index (χ3v) is 5.32.